The van der Waals surface area contributed by atoms with Gasteiger partial charge in [-0.1, -0.05) is 6.92 Å². The lowest BCUT2D eigenvalue weighted by molar-refractivity contribution is -0.121. The molecule has 1 aromatic heterocycles. The molecule has 0 saturated carbocycles. The van der Waals surface area contributed by atoms with Crippen molar-refractivity contribution in [2.24, 2.45) is 0 Å². The number of nitrogens with one attached hydrogen (secondary N) is 3. The van der Waals surface area contributed by atoms with Gasteiger partial charge in [-0.05, 0) is 19.4 Å². The molecule has 20 heavy (non-hydrogen) atoms. The minimum Gasteiger partial charge on any atom is -0.386 e. The smallest absolute Gasteiger partial charge is 0.253 e. The van der Waals surface area contributed by atoms with Gasteiger partial charge >= 0.3 is 0 Å². The highest BCUT2D eigenvalue weighted by Crippen LogP contribution is 2.11. The van der Waals surface area contributed by atoms with Crippen LogP contribution in [0.5, 0.6) is 0 Å². The fourth-order valence-corrected chi connectivity index (χ4v) is 1.63. The van der Waals surface area contributed by atoms with E-state index >= 15 is 0 Å². The standard InChI is InChI=1S/C14H22N4O2/c1-4-10(2)18-13(19)6-8-17-14(20)11-5-7-16-9-12(11)15-3/h5,7,9-10,15H,4,6,8H2,1-3H3,(H,17,20)(H,18,19). The van der Waals surface area contributed by atoms with Gasteiger partial charge in [-0.25, -0.2) is 0 Å². The minimum absolute atomic E-state index is 0.0526. The van der Waals surface area contributed by atoms with E-state index < -0.39 is 0 Å². The Hall–Kier alpha value is -2.11. The molecule has 0 fully saturated rings. The quantitative estimate of drug-likeness (QED) is 0.699. The van der Waals surface area contributed by atoms with Crippen LogP contribution in [0, 0.1) is 0 Å². The molecule has 1 unspecified atom stereocenters. The van der Waals surface area contributed by atoms with Crippen molar-refractivity contribution in [2.45, 2.75) is 32.7 Å². The van der Waals surface area contributed by atoms with Crippen molar-refractivity contribution in [1.29, 1.82) is 0 Å². The second kappa shape index (κ2) is 8.14. The Balaban J connectivity index is 2.42. The van der Waals surface area contributed by atoms with Crippen molar-refractivity contribution in [2.75, 3.05) is 18.9 Å². The maximum Gasteiger partial charge on any atom is 0.253 e. The van der Waals surface area contributed by atoms with Gasteiger partial charge in [0.05, 0.1) is 17.4 Å². The summed E-state index contributed by atoms with van der Waals surface area (Å²) in [5.74, 6) is -0.267. The Morgan fingerprint density at radius 2 is 2.15 bits per heavy atom. The monoisotopic (exact) mass is 278 g/mol. The van der Waals surface area contributed by atoms with Gasteiger partial charge in [0.1, 0.15) is 0 Å². The molecule has 1 aromatic rings. The molecule has 0 bridgehead atoms. The van der Waals surface area contributed by atoms with Crippen LogP contribution in [0.4, 0.5) is 5.69 Å². The lowest BCUT2D eigenvalue weighted by Gasteiger charge is -2.12. The van der Waals surface area contributed by atoms with E-state index in [0.29, 0.717) is 17.8 Å². The number of hydrogen-bond donors (Lipinski definition) is 3. The zero-order valence-corrected chi connectivity index (χ0v) is 12.2. The molecule has 0 aliphatic heterocycles. The van der Waals surface area contributed by atoms with Crippen molar-refractivity contribution in [3.63, 3.8) is 0 Å². The van der Waals surface area contributed by atoms with E-state index in [0.717, 1.165) is 6.42 Å². The second-order valence-corrected chi connectivity index (χ2v) is 4.55. The molecule has 0 spiro atoms. The summed E-state index contributed by atoms with van der Waals surface area (Å²) in [5.41, 5.74) is 1.18. The van der Waals surface area contributed by atoms with Crippen LogP contribution >= 0.6 is 0 Å². The van der Waals surface area contributed by atoms with Crippen LogP contribution in [-0.4, -0.2) is 36.4 Å². The number of hydrogen-bond acceptors (Lipinski definition) is 4. The molecule has 0 aromatic carbocycles. The highest BCUT2D eigenvalue weighted by atomic mass is 16.2. The molecule has 0 aliphatic carbocycles. The zero-order chi connectivity index (χ0) is 15.0. The Morgan fingerprint density at radius 3 is 2.80 bits per heavy atom. The Labute approximate surface area is 119 Å². The summed E-state index contributed by atoms with van der Waals surface area (Å²) >= 11 is 0. The number of pyridine rings is 1. The lowest BCUT2D eigenvalue weighted by atomic mass is 10.2. The number of carbonyl (C=O) groups excluding carboxylic acids is 2. The van der Waals surface area contributed by atoms with E-state index in [4.69, 9.17) is 0 Å². The van der Waals surface area contributed by atoms with Crippen molar-refractivity contribution in [3.8, 4) is 0 Å². The lowest BCUT2D eigenvalue weighted by Crippen LogP contribution is -2.35. The van der Waals surface area contributed by atoms with Crippen LogP contribution in [0.25, 0.3) is 0 Å². The van der Waals surface area contributed by atoms with Crippen LogP contribution < -0.4 is 16.0 Å². The zero-order valence-electron chi connectivity index (χ0n) is 12.2. The number of nitrogens with zero attached hydrogens (tertiary/aromatic N) is 1. The first-order valence-electron chi connectivity index (χ1n) is 6.77. The fourth-order valence-electron chi connectivity index (χ4n) is 1.63. The molecule has 6 heteroatoms. The first-order chi connectivity index (χ1) is 9.58. The molecular formula is C14H22N4O2. The minimum atomic E-state index is -0.215. The summed E-state index contributed by atoms with van der Waals surface area (Å²) in [4.78, 5) is 27.5. The van der Waals surface area contributed by atoms with Crippen molar-refractivity contribution < 1.29 is 9.59 Å². The molecule has 2 amide bonds. The van der Waals surface area contributed by atoms with Crippen LogP contribution in [0.1, 0.15) is 37.0 Å². The third kappa shape index (κ3) is 4.87. The predicted molar refractivity (Wildman–Crippen MR) is 78.6 cm³/mol. The number of amides is 2. The van der Waals surface area contributed by atoms with Gasteiger partial charge in [0.25, 0.3) is 5.91 Å². The number of aromatic nitrogens is 1. The van der Waals surface area contributed by atoms with E-state index in [1.54, 1.807) is 25.5 Å². The van der Waals surface area contributed by atoms with Gasteiger partial charge < -0.3 is 16.0 Å². The second-order valence-electron chi connectivity index (χ2n) is 4.55. The molecule has 1 rings (SSSR count). The molecule has 0 saturated heterocycles. The number of carbonyl (C=O) groups is 2. The topological polar surface area (TPSA) is 83.1 Å². The first kappa shape index (κ1) is 15.9. The molecule has 0 aliphatic rings. The maximum absolute atomic E-state index is 12.0. The Morgan fingerprint density at radius 1 is 1.40 bits per heavy atom. The summed E-state index contributed by atoms with van der Waals surface area (Å²) in [6.07, 6.45) is 4.31. The average molecular weight is 278 g/mol. The average Bonchev–Trinajstić information content (AvgIpc) is 2.46. The van der Waals surface area contributed by atoms with E-state index in [-0.39, 0.29) is 24.3 Å². The SMILES string of the molecule is CCC(C)NC(=O)CCNC(=O)c1ccncc1NC. The van der Waals surface area contributed by atoms with Gasteiger partial charge in [0.15, 0.2) is 0 Å². The molecule has 6 nitrogen and oxygen atoms in total. The van der Waals surface area contributed by atoms with Crippen molar-refractivity contribution in [3.05, 3.63) is 24.0 Å². The van der Waals surface area contributed by atoms with Gasteiger partial charge in [-0.15, -0.1) is 0 Å². The summed E-state index contributed by atoms with van der Waals surface area (Å²) in [6.45, 7) is 4.27. The summed E-state index contributed by atoms with van der Waals surface area (Å²) in [6, 6.07) is 1.80. The van der Waals surface area contributed by atoms with Crippen LogP contribution in [0.3, 0.4) is 0 Å². The van der Waals surface area contributed by atoms with Crippen molar-refractivity contribution in [1.82, 2.24) is 15.6 Å². The molecule has 1 atom stereocenters. The maximum atomic E-state index is 12.0. The summed E-state index contributed by atoms with van der Waals surface area (Å²) < 4.78 is 0. The third-order valence-corrected chi connectivity index (χ3v) is 2.99. The Kier molecular flexibility index (Phi) is 6.49. The van der Waals surface area contributed by atoms with Gasteiger partial charge in [0.2, 0.25) is 5.91 Å². The number of anilines is 1. The molecule has 1 heterocycles. The van der Waals surface area contributed by atoms with Crippen LogP contribution in [0.2, 0.25) is 0 Å². The van der Waals surface area contributed by atoms with Crippen molar-refractivity contribution >= 4 is 17.5 Å². The van der Waals surface area contributed by atoms with E-state index in [1.807, 2.05) is 13.8 Å². The van der Waals surface area contributed by atoms with E-state index in [1.165, 1.54) is 0 Å². The molecular weight excluding hydrogens is 256 g/mol. The number of rotatable bonds is 7. The predicted octanol–water partition coefficient (Wildman–Crippen LogP) is 1.16. The highest BCUT2D eigenvalue weighted by Gasteiger charge is 2.11. The van der Waals surface area contributed by atoms with Crippen LogP contribution in [-0.2, 0) is 4.79 Å². The summed E-state index contributed by atoms with van der Waals surface area (Å²) in [5, 5.41) is 8.49. The molecule has 0 radical (unpaired) electrons. The highest BCUT2D eigenvalue weighted by molar-refractivity contribution is 5.99. The molecule has 110 valence electrons. The normalized spacial score (nSPS) is 11.6. The van der Waals surface area contributed by atoms with Crippen LogP contribution in [0.15, 0.2) is 18.5 Å². The van der Waals surface area contributed by atoms with Gasteiger partial charge in [0, 0.05) is 32.3 Å². The third-order valence-electron chi connectivity index (χ3n) is 2.99. The Bertz CT molecular complexity index is 462. The first-order valence-corrected chi connectivity index (χ1v) is 6.77. The largest absolute Gasteiger partial charge is 0.386 e. The van der Waals surface area contributed by atoms with E-state index in [9.17, 15) is 9.59 Å². The summed E-state index contributed by atoms with van der Waals surface area (Å²) in [7, 11) is 1.73. The van der Waals surface area contributed by atoms with Gasteiger partial charge in [-0.3, -0.25) is 14.6 Å². The van der Waals surface area contributed by atoms with E-state index in [2.05, 4.69) is 20.9 Å². The molecule has 3 N–H and O–H groups in total. The van der Waals surface area contributed by atoms with Gasteiger partial charge in [-0.2, -0.15) is 0 Å². The fraction of sp³-hybridized carbons (Fsp3) is 0.500.